The second-order valence-corrected chi connectivity index (χ2v) is 5.19. The van der Waals surface area contributed by atoms with E-state index in [2.05, 4.69) is 4.74 Å². The molecule has 0 aromatic heterocycles. The SMILES string of the molecule is CCOC(=O)CS(=O)(=O)CC(C#N)C(F)(F)F. The average molecular weight is 273 g/mol. The van der Waals surface area contributed by atoms with Crippen molar-refractivity contribution in [1.29, 1.82) is 5.26 Å². The summed E-state index contributed by atoms with van der Waals surface area (Å²) in [5.74, 6) is -6.37. The number of nitrogens with zero attached hydrogens (tertiary/aromatic N) is 1. The van der Waals surface area contributed by atoms with Gasteiger partial charge in [-0.1, -0.05) is 0 Å². The Balaban J connectivity index is 4.66. The summed E-state index contributed by atoms with van der Waals surface area (Å²) < 4.78 is 63.1. The van der Waals surface area contributed by atoms with Gasteiger partial charge in [0.05, 0.1) is 18.4 Å². The molecule has 0 radical (unpaired) electrons. The molecule has 0 amide bonds. The highest BCUT2D eigenvalue weighted by Gasteiger charge is 2.43. The Labute approximate surface area is 96.1 Å². The molecule has 0 heterocycles. The Bertz CT molecular complexity index is 409. The lowest BCUT2D eigenvalue weighted by Crippen LogP contribution is -2.32. The van der Waals surface area contributed by atoms with Crippen LogP contribution in [0.2, 0.25) is 0 Å². The normalized spacial score (nSPS) is 13.8. The van der Waals surface area contributed by atoms with E-state index in [0.29, 0.717) is 0 Å². The Morgan fingerprint density at radius 3 is 2.35 bits per heavy atom. The van der Waals surface area contributed by atoms with Gasteiger partial charge in [-0.25, -0.2) is 8.42 Å². The zero-order valence-corrected chi connectivity index (χ0v) is 9.64. The molecule has 0 bridgehead atoms. The van der Waals surface area contributed by atoms with Crippen LogP contribution in [0.5, 0.6) is 0 Å². The third-order valence-corrected chi connectivity index (χ3v) is 3.13. The van der Waals surface area contributed by atoms with E-state index in [9.17, 15) is 26.4 Å². The Hall–Kier alpha value is -1.30. The molecule has 0 aliphatic heterocycles. The van der Waals surface area contributed by atoms with Crippen molar-refractivity contribution >= 4 is 15.8 Å². The zero-order valence-electron chi connectivity index (χ0n) is 8.82. The molecule has 0 rings (SSSR count). The van der Waals surface area contributed by atoms with Crippen molar-refractivity contribution in [1.82, 2.24) is 0 Å². The molecule has 9 heteroatoms. The van der Waals surface area contributed by atoms with Gasteiger partial charge in [0.15, 0.2) is 15.8 Å². The second kappa shape index (κ2) is 5.86. The van der Waals surface area contributed by atoms with Gasteiger partial charge >= 0.3 is 12.1 Å². The van der Waals surface area contributed by atoms with Crippen LogP contribution in [0.15, 0.2) is 0 Å². The lowest BCUT2D eigenvalue weighted by atomic mass is 10.2. The topological polar surface area (TPSA) is 84.2 Å². The van der Waals surface area contributed by atoms with Gasteiger partial charge in [-0.3, -0.25) is 4.79 Å². The zero-order chi connectivity index (χ0) is 13.7. The molecule has 0 aromatic carbocycles. The first-order valence-electron chi connectivity index (χ1n) is 4.44. The fourth-order valence-corrected chi connectivity index (χ4v) is 2.23. The van der Waals surface area contributed by atoms with Gasteiger partial charge < -0.3 is 4.74 Å². The highest BCUT2D eigenvalue weighted by molar-refractivity contribution is 7.92. The van der Waals surface area contributed by atoms with Crippen molar-refractivity contribution in [2.24, 2.45) is 5.92 Å². The van der Waals surface area contributed by atoms with Gasteiger partial charge in [0.2, 0.25) is 0 Å². The van der Waals surface area contributed by atoms with E-state index in [1.54, 1.807) is 0 Å². The molecule has 0 aliphatic rings. The van der Waals surface area contributed by atoms with Gasteiger partial charge in [-0.15, -0.1) is 0 Å². The molecule has 0 spiro atoms. The predicted molar refractivity (Wildman–Crippen MR) is 50.4 cm³/mol. The molecule has 0 aromatic rings. The quantitative estimate of drug-likeness (QED) is 0.687. The molecule has 1 atom stereocenters. The molecule has 1 unspecified atom stereocenters. The number of carbonyl (C=O) groups excluding carboxylic acids is 1. The van der Waals surface area contributed by atoms with Crippen LogP contribution in [0.1, 0.15) is 6.92 Å². The van der Waals surface area contributed by atoms with E-state index < -0.39 is 39.4 Å². The number of carbonyl (C=O) groups is 1. The van der Waals surface area contributed by atoms with Crippen LogP contribution in [-0.2, 0) is 19.4 Å². The minimum Gasteiger partial charge on any atom is -0.465 e. The number of alkyl halides is 3. The van der Waals surface area contributed by atoms with Gasteiger partial charge in [-0.05, 0) is 6.92 Å². The maximum atomic E-state index is 12.1. The largest absolute Gasteiger partial charge is 0.465 e. The summed E-state index contributed by atoms with van der Waals surface area (Å²) in [6.07, 6.45) is -4.93. The number of rotatable bonds is 5. The second-order valence-electron chi connectivity index (χ2n) is 3.08. The summed E-state index contributed by atoms with van der Waals surface area (Å²) in [4.78, 5) is 10.8. The number of halogens is 3. The van der Waals surface area contributed by atoms with E-state index in [-0.39, 0.29) is 6.61 Å². The van der Waals surface area contributed by atoms with E-state index in [0.717, 1.165) is 6.07 Å². The maximum Gasteiger partial charge on any atom is 0.405 e. The minimum absolute atomic E-state index is 0.0741. The monoisotopic (exact) mass is 273 g/mol. The summed E-state index contributed by atoms with van der Waals surface area (Å²) >= 11 is 0. The smallest absolute Gasteiger partial charge is 0.405 e. The van der Waals surface area contributed by atoms with Crippen LogP contribution < -0.4 is 0 Å². The number of sulfone groups is 1. The van der Waals surface area contributed by atoms with E-state index in [4.69, 9.17) is 5.26 Å². The molecule has 5 nitrogen and oxygen atoms in total. The summed E-state index contributed by atoms with van der Waals surface area (Å²) in [6, 6.07) is 0.847. The summed E-state index contributed by atoms with van der Waals surface area (Å²) in [7, 11) is -4.31. The van der Waals surface area contributed by atoms with Crippen molar-refractivity contribution in [2.45, 2.75) is 13.1 Å². The molecule has 0 N–H and O–H groups in total. The van der Waals surface area contributed by atoms with Crippen LogP contribution in [0.4, 0.5) is 13.2 Å². The van der Waals surface area contributed by atoms with E-state index in [1.165, 1.54) is 6.92 Å². The first kappa shape index (κ1) is 15.7. The molecule has 0 aliphatic carbocycles. The van der Waals surface area contributed by atoms with Crippen LogP contribution in [0.25, 0.3) is 0 Å². The number of hydrogen-bond acceptors (Lipinski definition) is 5. The fraction of sp³-hybridized carbons (Fsp3) is 0.750. The number of esters is 1. The van der Waals surface area contributed by atoms with Crippen LogP contribution >= 0.6 is 0 Å². The van der Waals surface area contributed by atoms with Gasteiger partial charge in [0, 0.05) is 0 Å². The molecule has 17 heavy (non-hydrogen) atoms. The average Bonchev–Trinajstić information content (AvgIpc) is 2.11. The first-order chi connectivity index (χ1) is 7.62. The lowest BCUT2D eigenvalue weighted by molar-refractivity contribution is -0.153. The number of ether oxygens (including phenoxy) is 1. The maximum absolute atomic E-state index is 12.1. The van der Waals surface area contributed by atoms with Crippen LogP contribution in [0.3, 0.4) is 0 Å². The Morgan fingerprint density at radius 1 is 1.47 bits per heavy atom. The van der Waals surface area contributed by atoms with Gasteiger partial charge in [0.25, 0.3) is 0 Å². The molecule has 0 fully saturated rings. The predicted octanol–water partition coefficient (Wildman–Crippen LogP) is 0.666. The molecular formula is C8H10F3NO4S. The summed E-state index contributed by atoms with van der Waals surface area (Å²) in [6.45, 7) is 1.35. The molecule has 98 valence electrons. The van der Waals surface area contributed by atoms with Crippen molar-refractivity contribution in [2.75, 3.05) is 18.1 Å². The van der Waals surface area contributed by atoms with Crippen LogP contribution in [-0.4, -0.2) is 38.7 Å². The summed E-state index contributed by atoms with van der Waals surface area (Å²) in [5.41, 5.74) is 0. The van der Waals surface area contributed by atoms with Gasteiger partial charge in [-0.2, -0.15) is 18.4 Å². The molecular weight excluding hydrogens is 263 g/mol. The third-order valence-electron chi connectivity index (χ3n) is 1.61. The fourth-order valence-electron chi connectivity index (χ4n) is 0.900. The van der Waals surface area contributed by atoms with Crippen LogP contribution in [0, 0.1) is 17.2 Å². The van der Waals surface area contributed by atoms with E-state index in [1.807, 2.05) is 0 Å². The van der Waals surface area contributed by atoms with Crippen molar-refractivity contribution < 1.29 is 31.1 Å². The molecule has 0 saturated carbocycles. The Morgan fingerprint density at radius 2 is 2.00 bits per heavy atom. The van der Waals surface area contributed by atoms with Crippen molar-refractivity contribution in [3.8, 4) is 6.07 Å². The van der Waals surface area contributed by atoms with Crippen molar-refractivity contribution in [3.05, 3.63) is 0 Å². The third kappa shape index (κ3) is 6.11. The molecule has 0 saturated heterocycles. The summed E-state index contributed by atoms with van der Waals surface area (Å²) in [5, 5.41) is 8.21. The highest BCUT2D eigenvalue weighted by atomic mass is 32.2. The highest BCUT2D eigenvalue weighted by Crippen LogP contribution is 2.26. The van der Waals surface area contributed by atoms with E-state index >= 15 is 0 Å². The van der Waals surface area contributed by atoms with Crippen molar-refractivity contribution in [3.63, 3.8) is 0 Å². The first-order valence-corrected chi connectivity index (χ1v) is 6.27. The van der Waals surface area contributed by atoms with Gasteiger partial charge in [0.1, 0.15) is 5.75 Å². The number of hydrogen-bond donors (Lipinski definition) is 0. The minimum atomic E-state index is -4.93. The Kier molecular flexibility index (Phi) is 5.41. The standard InChI is InChI=1S/C8H10F3NO4S/c1-2-16-7(13)5-17(14,15)4-6(3-12)8(9,10)11/h6H,2,4-5H2,1H3. The lowest BCUT2D eigenvalue weighted by Gasteiger charge is -2.12. The number of nitriles is 1.